The highest BCUT2D eigenvalue weighted by atomic mass is 35.5. The zero-order chi connectivity index (χ0) is 32.6. The van der Waals surface area contributed by atoms with Crippen molar-refractivity contribution in [1.29, 1.82) is 0 Å². The minimum atomic E-state index is -1.47. The van der Waals surface area contributed by atoms with Gasteiger partial charge in [0.2, 0.25) is 5.78 Å². The summed E-state index contributed by atoms with van der Waals surface area (Å²) in [5.74, 6) is -3.54. The zero-order valence-electron chi connectivity index (χ0n) is 26.4. The number of ketones is 2. The van der Waals surface area contributed by atoms with E-state index in [1.165, 1.54) is 6.08 Å². The van der Waals surface area contributed by atoms with Crippen molar-refractivity contribution in [3.05, 3.63) is 59.7 Å². The van der Waals surface area contributed by atoms with Crippen LogP contribution >= 0.6 is 11.6 Å². The van der Waals surface area contributed by atoms with Crippen LogP contribution in [-0.2, 0) is 28.6 Å². The monoisotopic (exact) mass is 639 g/mol. The number of rotatable bonds is 7. The van der Waals surface area contributed by atoms with E-state index >= 15 is 0 Å². The van der Waals surface area contributed by atoms with E-state index in [9.17, 15) is 24.3 Å². The number of fused-ring (bicyclic) bond motifs is 7. The van der Waals surface area contributed by atoms with E-state index in [2.05, 4.69) is 5.32 Å². The molecule has 1 heterocycles. The van der Waals surface area contributed by atoms with Crippen LogP contribution in [0.2, 0.25) is 0 Å². The van der Waals surface area contributed by atoms with Crippen LogP contribution in [-0.4, -0.2) is 70.2 Å². The lowest BCUT2D eigenvalue weighted by atomic mass is 9.45. The number of ether oxygens (including phenoxy) is 3. The van der Waals surface area contributed by atoms with Crippen LogP contribution in [0.25, 0.3) is 0 Å². The fourth-order valence-electron chi connectivity index (χ4n) is 9.22. The van der Waals surface area contributed by atoms with Gasteiger partial charge >= 0.3 is 5.97 Å². The average Bonchev–Trinajstić information content (AvgIpc) is 3.41. The van der Waals surface area contributed by atoms with Gasteiger partial charge in [0.1, 0.15) is 0 Å². The Hall–Kier alpha value is -2.85. The quantitative estimate of drug-likeness (QED) is 0.334. The SMILES string of the molecule is CC(CNC(=O)c1ccccc1)C(=O)OCC(=O)[C@@]12OC(C)(C)O[C@@H]1C[C@H]1[C@@H]3CCC4=CC(=O)C=C[C@]4(C)[C@@]3(Cl)[C@@H](O)C[C@@]12C. The van der Waals surface area contributed by atoms with E-state index in [4.69, 9.17) is 25.8 Å². The predicted octanol–water partition coefficient (Wildman–Crippen LogP) is 4.31. The van der Waals surface area contributed by atoms with Crippen LogP contribution in [0, 0.1) is 28.6 Å². The van der Waals surface area contributed by atoms with Crippen LogP contribution in [0.15, 0.2) is 54.1 Å². The Kier molecular flexibility index (Phi) is 7.75. The van der Waals surface area contributed by atoms with Gasteiger partial charge in [-0.05, 0) is 75.7 Å². The van der Waals surface area contributed by atoms with Crippen molar-refractivity contribution in [3.63, 3.8) is 0 Å². The van der Waals surface area contributed by atoms with Crippen molar-refractivity contribution in [3.8, 4) is 0 Å². The molecule has 1 aliphatic heterocycles. The maximum absolute atomic E-state index is 14.3. The summed E-state index contributed by atoms with van der Waals surface area (Å²) in [6, 6.07) is 8.68. The van der Waals surface area contributed by atoms with E-state index in [1.807, 2.05) is 26.0 Å². The average molecular weight is 640 g/mol. The Morgan fingerprint density at radius 1 is 1.13 bits per heavy atom. The number of carbonyl (C=O) groups excluding carboxylic acids is 4. The van der Waals surface area contributed by atoms with Gasteiger partial charge < -0.3 is 24.6 Å². The molecule has 0 radical (unpaired) electrons. The molecule has 1 saturated heterocycles. The third kappa shape index (κ3) is 4.68. The van der Waals surface area contributed by atoms with Gasteiger partial charge in [-0.25, -0.2) is 0 Å². The van der Waals surface area contributed by atoms with E-state index in [0.717, 1.165) is 5.57 Å². The smallest absolute Gasteiger partial charge is 0.310 e. The summed E-state index contributed by atoms with van der Waals surface area (Å²) in [4.78, 5) is 50.9. The first-order chi connectivity index (χ1) is 21.1. The van der Waals surface area contributed by atoms with Crippen LogP contribution in [0.4, 0.5) is 0 Å². The van der Waals surface area contributed by atoms with E-state index < -0.39 is 63.6 Å². The fraction of sp³-hybridized carbons (Fsp3) is 0.600. The minimum absolute atomic E-state index is 0.0435. The zero-order valence-corrected chi connectivity index (χ0v) is 27.2. The molecule has 9 nitrogen and oxygen atoms in total. The predicted molar refractivity (Wildman–Crippen MR) is 165 cm³/mol. The number of allylic oxidation sites excluding steroid dienone is 4. The maximum Gasteiger partial charge on any atom is 0.310 e. The van der Waals surface area contributed by atoms with Crippen molar-refractivity contribution in [2.45, 2.75) is 88.8 Å². The number of aliphatic hydroxyl groups is 1. The molecule has 4 aliphatic carbocycles. The molecule has 1 amide bonds. The summed E-state index contributed by atoms with van der Waals surface area (Å²) < 4.78 is 18.5. The summed E-state index contributed by atoms with van der Waals surface area (Å²) in [5.41, 5.74) is -1.68. The third-order valence-corrected chi connectivity index (χ3v) is 12.3. The van der Waals surface area contributed by atoms with Gasteiger partial charge in [0.15, 0.2) is 23.8 Å². The van der Waals surface area contributed by atoms with Crippen LogP contribution < -0.4 is 5.32 Å². The molecule has 0 bridgehead atoms. The van der Waals surface area contributed by atoms with Crippen molar-refractivity contribution >= 4 is 35.0 Å². The first-order valence-corrected chi connectivity index (χ1v) is 16.2. The standard InChI is InChI=1S/C35H42ClNO8/c1-20(18-37-29(41)21-9-7-6-8-10-21)30(42)43-19-27(40)35-28(44-31(2,3)45-35)16-25-24-12-11-22-15-23(38)13-14-32(22,4)34(24,36)26(39)17-33(25,35)5/h6-10,13-15,20,24-26,28,39H,11-12,16-19H2,1-5H3,(H,37,41)/t20?,24-,25-,26-,28+,32-,33-,34-,35+/m0/s1. The second-order valence-electron chi connectivity index (χ2n) is 14.4. The second kappa shape index (κ2) is 10.9. The third-order valence-electron chi connectivity index (χ3n) is 11.4. The highest BCUT2D eigenvalue weighted by molar-refractivity contribution is 6.26. The molecule has 4 fully saturated rings. The van der Waals surface area contributed by atoms with E-state index in [-0.39, 0.29) is 36.5 Å². The maximum atomic E-state index is 14.3. The highest BCUT2D eigenvalue weighted by Crippen LogP contribution is 2.73. The van der Waals surface area contributed by atoms with Gasteiger partial charge in [0.05, 0.1) is 23.0 Å². The van der Waals surface area contributed by atoms with Gasteiger partial charge in [-0.3, -0.25) is 19.2 Å². The number of carbonyl (C=O) groups is 4. The van der Waals surface area contributed by atoms with Crippen molar-refractivity contribution in [2.75, 3.05) is 13.2 Å². The molecular weight excluding hydrogens is 598 g/mol. The molecular formula is C35H42ClNO8. The Bertz CT molecular complexity index is 1490. The molecule has 2 N–H and O–H groups in total. The summed E-state index contributed by atoms with van der Waals surface area (Å²) in [5, 5.41) is 14.7. The molecule has 1 aromatic rings. The van der Waals surface area contributed by atoms with Gasteiger partial charge in [-0.1, -0.05) is 50.6 Å². The topological polar surface area (TPSA) is 128 Å². The summed E-state index contributed by atoms with van der Waals surface area (Å²) in [7, 11) is 0. The lowest BCUT2D eigenvalue weighted by molar-refractivity contribution is -0.223. The first-order valence-electron chi connectivity index (χ1n) is 15.8. The van der Waals surface area contributed by atoms with Gasteiger partial charge in [0, 0.05) is 22.9 Å². The molecule has 242 valence electrons. The van der Waals surface area contributed by atoms with Crippen molar-refractivity contribution in [2.24, 2.45) is 28.6 Å². The van der Waals surface area contributed by atoms with Gasteiger partial charge in [0.25, 0.3) is 5.91 Å². The van der Waals surface area contributed by atoms with Crippen LogP contribution in [0.5, 0.6) is 0 Å². The number of aliphatic hydroxyl groups excluding tert-OH is 1. The van der Waals surface area contributed by atoms with Crippen LogP contribution in [0.1, 0.15) is 70.7 Å². The molecule has 0 spiro atoms. The molecule has 6 rings (SSSR count). The Balaban J connectivity index is 1.22. The Morgan fingerprint density at radius 3 is 2.56 bits per heavy atom. The molecule has 9 atom stereocenters. The fourth-order valence-corrected chi connectivity index (χ4v) is 9.74. The normalized spacial score (nSPS) is 39.9. The number of hydrogen-bond acceptors (Lipinski definition) is 8. The van der Waals surface area contributed by atoms with Crippen molar-refractivity contribution < 1.29 is 38.5 Å². The summed E-state index contributed by atoms with van der Waals surface area (Å²) in [6.45, 7) is 8.62. The Labute approximate surface area is 268 Å². The molecule has 5 aliphatic rings. The first kappa shape index (κ1) is 32.1. The number of nitrogens with one attached hydrogen (secondary N) is 1. The number of alkyl halides is 1. The number of esters is 1. The number of benzene rings is 1. The number of amides is 1. The molecule has 1 unspecified atom stereocenters. The van der Waals surface area contributed by atoms with Gasteiger partial charge in [-0.15, -0.1) is 11.6 Å². The molecule has 0 aromatic heterocycles. The van der Waals surface area contributed by atoms with Gasteiger partial charge in [-0.2, -0.15) is 0 Å². The lowest BCUT2D eigenvalue weighted by Gasteiger charge is -2.64. The molecule has 3 saturated carbocycles. The minimum Gasteiger partial charge on any atom is -0.457 e. The van der Waals surface area contributed by atoms with Crippen LogP contribution in [0.3, 0.4) is 0 Å². The molecule has 10 heteroatoms. The second-order valence-corrected chi connectivity index (χ2v) is 15.0. The van der Waals surface area contributed by atoms with E-state index in [1.54, 1.807) is 51.1 Å². The molecule has 1 aromatic carbocycles. The van der Waals surface area contributed by atoms with Crippen molar-refractivity contribution in [1.82, 2.24) is 5.32 Å². The van der Waals surface area contributed by atoms with E-state index in [0.29, 0.717) is 24.8 Å². The Morgan fingerprint density at radius 2 is 1.84 bits per heavy atom. The number of Topliss-reactive ketones (excluding diaryl/α,β-unsaturated/α-hetero) is 1. The number of halogens is 1. The summed E-state index contributed by atoms with van der Waals surface area (Å²) >= 11 is 7.57. The highest BCUT2D eigenvalue weighted by Gasteiger charge is 2.79. The summed E-state index contributed by atoms with van der Waals surface area (Å²) in [6.07, 6.45) is 5.31. The molecule has 45 heavy (non-hydrogen) atoms. The largest absolute Gasteiger partial charge is 0.457 e. The number of hydrogen-bond donors (Lipinski definition) is 2. The lowest BCUT2D eigenvalue weighted by Crippen LogP contribution is -2.69.